The molecule has 0 bridgehead atoms. The molecule has 0 saturated heterocycles. The highest BCUT2D eigenvalue weighted by atomic mass is 16.5. The minimum absolute atomic E-state index is 0.0182. The van der Waals surface area contributed by atoms with E-state index in [1.165, 1.54) is 0 Å². The summed E-state index contributed by atoms with van der Waals surface area (Å²) in [5.74, 6) is -3.17. The van der Waals surface area contributed by atoms with Crippen molar-refractivity contribution < 1.29 is 29.6 Å². The molecule has 0 spiro atoms. The minimum Gasteiger partial charge on any atom is -0.478 e. The summed E-state index contributed by atoms with van der Waals surface area (Å²) in [5.41, 5.74) is 5.37. The number of hydrogen-bond donors (Lipinski definition) is 4. The highest BCUT2D eigenvalue weighted by Gasteiger charge is 2.33. The van der Waals surface area contributed by atoms with Gasteiger partial charge in [-0.05, 0) is 19.1 Å². The van der Waals surface area contributed by atoms with Crippen molar-refractivity contribution in [1.82, 2.24) is 0 Å². The predicted molar refractivity (Wildman–Crippen MR) is 56.0 cm³/mol. The van der Waals surface area contributed by atoms with E-state index >= 15 is 0 Å². The molecule has 0 saturated carbocycles. The molecule has 17 heavy (non-hydrogen) atoms. The molecule has 0 aromatic heterocycles. The second-order valence-corrected chi connectivity index (χ2v) is 3.65. The Bertz CT molecular complexity index is 388. The number of carboxylic acids is 2. The quantitative estimate of drug-likeness (QED) is 0.370. The maximum Gasteiger partial charge on any atom is 0.370 e. The predicted octanol–water partition coefficient (Wildman–Crippen LogP) is -0.927. The Morgan fingerprint density at radius 2 is 2.06 bits per heavy atom. The summed E-state index contributed by atoms with van der Waals surface area (Å²) < 4.78 is 4.92. The lowest BCUT2D eigenvalue weighted by molar-refractivity contribution is -0.137. The van der Waals surface area contributed by atoms with Crippen LogP contribution in [0.4, 0.5) is 0 Å². The highest BCUT2D eigenvalue weighted by Crippen LogP contribution is 2.22. The van der Waals surface area contributed by atoms with Crippen molar-refractivity contribution >= 4 is 11.9 Å². The van der Waals surface area contributed by atoms with Crippen LogP contribution in [0.15, 0.2) is 24.0 Å². The van der Waals surface area contributed by atoms with Crippen molar-refractivity contribution in [1.29, 1.82) is 0 Å². The summed E-state index contributed by atoms with van der Waals surface area (Å²) in [6.45, 7) is 3.16. The van der Waals surface area contributed by atoms with E-state index in [4.69, 9.17) is 20.7 Å². The number of nitrogens with two attached hydrogens (primary N) is 1. The van der Waals surface area contributed by atoms with Crippen LogP contribution in [-0.2, 0) is 14.3 Å². The third-order valence-corrected chi connectivity index (χ3v) is 2.38. The molecule has 0 unspecified atom stereocenters. The first-order valence-electron chi connectivity index (χ1n) is 4.80. The normalized spacial score (nSPS) is 28.1. The molecule has 7 heteroatoms. The lowest BCUT2D eigenvalue weighted by atomic mass is 9.91. The molecular weight excluding hydrogens is 230 g/mol. The number of ether oxygens (including phenoxy) is 1. The first-order valence-corrected chi connectivity index (χ1v) is 4.80. The van der Waals surface area contributed by atoms with E-state index in [0.717, 1.165) is 6.08 Å². The van der Waals surface area contributed by atoms with Gasteiger partial charge in [0.25, 0.3) is 0 Å². The van der Waals surface area contributed by atoms with Gasteiger partial charge < -0.3 is 25.8 Å². The van der Waals surface area contributed by atoms with Crippen LogP contribution in [0.5, 0.6) is 0 Å². The second-order valence-electron chi connectivity index (χ2n) is 3.65. The Kier molecular flexibility index (Phi) is 3.87. The van der Waals surface area contributed by atoms with Crippen molar-refractivity contribution in [2.75, 3.05) is 0 Å². The molecule has 94 valence electrons. The topological polar surface area (TPSA) is 130 Å². The molecule has 0 radical (unpaired) electrons. The van der Waals surface area contributed by atoms with E-state index in [-0.39, 0.29) is 12.0 Å². The third-order valence-electron chi connectivity index (χ3n) is 2.38. The molecule has 1 aliphatic carbocycles. The number of aliphatic hydroxyl groups excluding tert-OH is 1. The molecule has 1 aliphatic rings. The summed E-state index contributed by atoms with van der Waals surface area (Å²) in [4.78, 5) is 21.3. The molecule has 7 nitrogen and oxygen atoms in total. The van der Waals surface area contributed by atoms with Gasteiger partial charge in [0.15, 0.2) is 5.76 Å². The van der Waals surface area contributed by atoms with Gasteiger partial charge in [0.05, 0.1) is 11.7 Å². The lowest BCUT2D eigenvalue weighted by Gasteiger charge is -2.29. The molecule has 0 aromatic carbocycles. The summed E-state index contributed by atoms with van der Waals surface area (Å²) in [7, 11) is 0. The van der Waals surface area contributed by atoms with Crippen LogP contribution >= 0.6 is 0 Å². The Morgan fingerprint density at radius 1 is 1.47 bits per heavy atom. The van der Waals surface area contributed by atoms with E-state index in [1.807, 2.05) is 0 Å². The first-order chi connectivity index (χ1) is 7.82. The standard InChI is InChI=1S/C10H13NO6/c1-4(9(13)14)17-8-2-5(10(15)16)7(12)3-6(8)11/h2,6-8,12H,1,3,11H2,(H,13,14)(H,15,16)/t6-,7+,8-/m1/s1. The highest BCUT2D eigenvalue weighted by molar-refractivity contribution is 5.88. The zero-order valence-corrected chi connectivity index (χ0v) is 8.87. The molecular formula is C10H13NO6. The molecule has 5 N–H and O–H groups in total. The molecule has 0 amide bonds. The minimum atomic E-state index is -1.35. The van der Waals surface area contributed by atoms with Crippen LogP contribution in [0.3, 0.4) is 0 Å². The number of carboxylic acid groups (broad SMARTS) is 2. The van der Waals surface area contributed by atoms with Crippen molar-refractivity contribution in [3.8, 4) is 0 Å². The van der Waals surface area contributed by atoms with E-state index in [0.29, 0.717) is 0 Å². The van der Waals surface area contributed by atoms with Crippen LogP contribution < -0.4 is 5.73 Å². The van der Waals surface area contributed by atoms with Crippen molar-refractivity contribution in [3.63, 3.8) is 0 Å². The van der Waals surface area contributed by atoms with Crippen molar-refractivity contribution in [3.05, 3.63) is 24.0 Å². The van der Waals surface area contributed by atoms with E-state index < -0.39 is 35.9 Å². The van der Waals surface area contributed by atoms with Crippen LogP contribution in [0, 0.1) is 0 Å². The Balaban J connectivity index is 2.87. The molecule has 0 aliphatic heterocycles. The van der Waals surface area contributed by atoms with Gasteiger partial charge in [-0.15, -0.1) is 0 Å². The number of rotatable bonds is 4. The van der Waals surface area contributed by atoms with Gasteiger partial charge >= 0.3 is 11.9 Å². The largest absolute Gasteiger partial charge is 0.478 e. The Hall–Kier alpha value is -1.86. The molecule has 3 atom stereocenters. The van der Waals surface area contributed by atoms with Crippen LogP contribution in [0.1, 0.15) is 6.42 Å². The molecule has 0 fully saturated rings. The van der Waals surface area contributed by atoms with Crippen molar-refractivity contribution in [2.45, 2.75) is 24.7 Å². The number of hydrogen-bond acceptors (Lipinski definition) is 5. The zero-order chi connectivity index (χ0) is 13.2. The summed E-state index contributed by atoms with van der Waals surface area (Å²) >= 11 is 0. The summed E-state index contributed by atoms with van der Waals surface area (Å²) in [6.07, 6.45) is -1.01. The van der Waals surface area contributed by atoms with Crippen molar-refractivity contribution in [2.24, 2.45) is 5.73 Å². The smallest absolute Gasteiger partial charge is 0.370 e. The van der Waals surface area contributed by atoms with Gasteiger partial charge in [-0.25, -0.2) is 9.59 Å². The van der Waals surface area contributed by atoms with Gasteiger partial charge in [-0.3, -0.25) is 0 Å². The zero-order valence-electron chi connectivity index (χ0n) is 8.87. The van der Waals surface area contributed by atoms with Crippen LogP contribution in [0.25, 0.3) is 0 Å². The van der Waals surface area contributed by atoms with Crippen LogP contribution in [0.2, 0.25) is 0 Å². The van der Waals surface area contributed by atoms with E-state index in [9.17, 15) is 14.7 Å². The SMILES string of the molecule is C=C(O[C@@H]1C=C(C(=O)O)[C@@H](O)C[C@H]1N)C(=O)O. The van der Waals surface area contributed by atoms with Crippen LogP contribution in [-0.4, -0.2) is 45.5 Å². The fourth-order valence-electron chi connectivity index (χ4n) is 1.48. The van der Waals surface area contributed by atoms with Gasteiger partial charge in [-0.1, -0.05) is 0 Å². The molecule has 0 aromatic rings. The number of aliphatic carboxylic acids is 2. The maximum absolute atomic E-state index is 10.8. The van der Waals surface area contributed by atoms with E-state index in [1.54, 1.807) is 0 Å². The Labute approximate surface area is 96.8 Å². The first kappa shape index (κ1) is 13.2. The van der Waals surface area contributed by atoms with Gasteiger partial charge in [0.1, 0.15) is 6.10 Å². The second kappa shape index (κ2) is 4.98. The van der Waals surface area contributed by atoms with Gasteiger partial charge in [0, 0.05) is 6.04 Å². The lowest BCUT2D eigenvalue weighted by Crippen LogP contribution is -2.44. The van der Waals surface area contributed by atoms with E-state index in [2.05, 4.69) is 6.58 Å². The average molecular weight is 243 g/mol. The monoisotopic (exact) mass is 243 g/mol. The molecule has 0 heterocycles. The third kappa shape index (κ3) is 3.05. The molecule has 1 rings (SSSR count). The summed E-state index contributed by atoms with van der Waals surface area (Å²) in [6, 6.07) is -0.691. The fraction of sp³-hybridized carbons (Fsp3) is 0.400. The average Bonchev–Trinajstić information content (AvgIpc) is 2.21. The summed E-state index contributed by atoms with van der Waals surface area (Å²) in [5, 5.41) is 26.8. The maximum atomic E-state index is 10.8. The Morgan fingerprint density at radius 3 is 2.53 bits per heavy atom. The number of aliphatic hydroxyl groups is 1. The number of carbonyl (C=O) groups is 2. The fourth-order valence-corrected chi connectivity index (χ4v) is 1.48. The van der Waals surface area contributed by atoms with Gasteiger partial charge in [0.2, 0.25) is 0 Å². The van der Waals surface area contributed by atoms with Gasteiger partial charge in [-0.2, -0.15) is 0 Å².